The molecule has 6 nitrogen and oxygen atoms in total. The Morgan fingerprint density at radius 1 is 1.00 bits per heavy atom. The maximum absolute atomic E-state index is 14.5. The minimum absolute atomic E-state index is 0.0701. The quantitative estimate of drug-likeness (QED) is 0.579. The van der Waals surface area contributed by atoms with Gasteiger partial charge in [0.1, 0.15) is 5.82 Å². The normalized spacial score (nSPS) is 17.6. The van der Waals surface area contributed by atoms with E-state index < -0.39 is 39.2 Å². The molecule has 0 radical (unpaired) electrons. The molecule has 2 N–H and O–H groups in total. The Kier molecular flexibility index (Phi) is 5.54. The number of primary sulfonamides is 1. The van der Waals surface area contributed by atoms with Gasteiger partial charge < -0.3 is 0 Å². The van der Waals surface area contributed by atoms with Crippen LogP contribution in [0.25, 0.3) is 28.0 Å². The molecule has 2 aromatic carbocycles. The van der Waals surface area contributed by atoms with Crippen LogP contribution in [0.4, 0.5) is 17.6 Å². The molecule has 11 heteroatoms. The second-order valence-corrected chi connectivity index (χ2v) is 8.78. The molecule has 1 heterocycles. The first-order valence-corrected chi connectivity index (χ1v) is 11.0. The number of hydrogen-bond donors (Lipinski definition) is 1. The van der Waals surface area contributed by atoms with Crippen LogP contribution >= 0.6 is 0 Å². The molecule has 4 rings (SSSR count). The maximum atomic E-state index is 14.5. The van der Waals surface area contributed by atoms with E-state index in [9.17, 15) is 30.8 Å². The summed E-state index contributed by atoms with van der Waals surface area (Å²) in [6.45, 7) is 0. The lowest BCUT2D eigenvalue weighted by atomic mass is 9.97. The lowest BCUT2D eigenvalue weighted by Gasteiger charge is -2.23. The maximum Gasteiger partial charge on any atom is 0.303 e. The van der Waals surface area contributed by atoms with Crippen LogP contribution in [0.2, 0.25) is 0 Å². The third-order valence-electron chi connectivity index (χ3n) is 5.03. The Balaban J connectivity index is 1.94. The second kappa shape index (κ2) is 8.09. The van der Waals surface area contributed by atoms with Gasteiger partial charge in [-0.1, -0.05) is 30.3 Å². The number of halogens is 4. The number of hydrogen-bond acceptors (Lipinski definition) is 4. The summed E-state index contributed by atoms with van der Waals surface area (Å²) < 4.78 is 79.3. The molecule has 1 unspecified atom stereocenters. The highest BCUT2D eigenvalue weighted by Gasteiger charge is 2.43. The molecule has 1 aliphatic rings. The number of nitrogens with zero attached hydrogens (tertiary/aromatic N) is 2. The fraction of sp³-hybridized carbons (Fsp3) is 0.0909. The Morgan fingerprint density at radius 3 is 2.21 bits per heavy atom. The summed E-state index contributed by atoms with van der Waals surface area (Å²) in [5.74, 6) is -4.40. The second-order valence-electron chi connectivity index (χ2n) is 7.21. The number of alkyl halides is 3. The van der Waals surface area contributed by atoms with Crippen molar-refractivity contribution in [3.63, 3.8) is 0 Å². The van der Waals surface area contributed by atoms with Crippen LogP contribution < -0.4 is 10.7 Å². The third kappa shape index (κ3) is 4.24. The van der Waals surface area contributed by atoms with E-state index in [2.05, 4.69) is 5.10 Å². The lowest BCUT2D eigenvalue weighted by molar-refractivity contribution is -0.00556. The zero-order valence-corrected chi connectivity index (χ0v) is 17.4. The number of nitrogens with two attached hydrogens (primary N) is 1. The van der Waals surface area contributed by atoms with Crippen molar-refractivity contribution in [1.29, 1.82) is 0 Å². The summed E-state index contributed by atoms with van der Waals surface area (Å²) in [4.78, 5) is 13.2. The molecule has 0 saturated heterocycles. The van der Waals surface area contributed by atoms with Gasteiger partial charge in [-0.05, 0) is 47.5 Å². The minimum atomic E-state index is -3.97. The summed E-state index contributed by atoms with van der Waals surface area (Å²) in [6.07, 6.45) is 0.682. The average molecular weight is 477 g/mol. The highest BCUT2D eigenvalue weighted by atomic mass is 32.2. The van der Waals surface area contributed by atoms with Gasteiger partial charge in [-0.25, -0.2) is 22.3 Å². The van der Waals surface area contributed by atoms with Crippen molar-refractivity contribution in [2.75, 3.05) is 0 Å². The van der Waals surface area contributed by atoms with Crippen molar-refractivity contribution < 1.29 is 26.0 Å². The van der Waals surface area contributed by atoms with Crippen molar-refractivity contribution >= 4 is 15.7 Å². The molecule has 0 bridgehead atoms. The molecular formula is C22H15F4N3O3S. The van der Waals surface area contributed by atoms with Crippen LogP contribution in [0, 0.1) is 5.82 Å². The summed E-state index contributed by atoms with van der Waals surface area (Å²) in [7, 11) is -3.97. The fourth-order valence-electron chi connectivity index (χ4n) is 3.40. The molecule has 1 aromatic heterocycles. The van der Waals surface area contributed by atoms with Gasteiger partial charge in [-0.2, -0.15) is 18.6 Å². The van der Waals surface area contributed by atoms with Gasteiger partial charge in [0.2, 0.25) is 16.2 Å². The van der Waals surface area contributed by atoms with E-state index in [1.807, 2.05) is 0 Å². The molecule has 170 valence electrons. The van der Waals surface area contributed by atoms with Gasteiger partial charge in [-0.15, -0.1) is 0 Å². The summed E-state index contributed by atoms with van der Waals surface area (Å²) >= 11 is 0. The Labute approximate surface area is 185 Å². The zero-order chi connectivity index (χ0) is 24.0. The topological polar surface area (TPSA) is 95.1 Å². The van der Waals surface area contributed by atoms with Gasteiger partial charge >= 0.3 is 5.92 Å². The van der Waals surface area contributed by atoms with Gasteiger partial charge in [-0.3, -0.25) is 4.79 Å². The summed E-state index contributed by atoms with van der Waals surface area (Å²) in [5, 5.41) is 8.99. The van der Waals surface area contributed by atoms with E-state index in [4.69, 9.17) is 5.14 Å². The first-order chi connectivity index (χ1) is 15.5. The minimum Gasteiger partial charge on any atom is -0.267 e. The largest absolute Gasteiger partial charge is 0.303 e. The van der Waals surface area contributed by atoms with E-state index in [0.717, 1.165) is 30.5 Å². The zero-order valence-electron chi connectivity index (χ0n) is 16.6. The predicted octanol–water partition coefficient (Wildman–Crippen LogP) is 3.75. The molecule has 33 heavy (non-hydrogen) atoms. The molecule has 0 fully saturated rings. The monoisotopic (exact) mass is 477 g/mol. The predicted molar refractivity (Wildman–Crippen MR) is 114 cm³/mol. The molecule has 1 aliphatic carbocycles. The number of benzene rings is 2. The Morgan fingerprint density at radius 2 is 1.61 bits per heavy atom. The molecule has 0 spiro atoms. The van der Waals surface area contributed by atoms with Crippen LogP contribution in [0.1, 0.15) is 0 Å². The number of allylic oxidation sites excluding steroid dienone is 4. The van der Waals surface area contributed by atoms with Crippen LogP contribution in [0.3, 0.4) is 0 Å². The van der Waals surface area contributed by atoms with Crippen molar-refractivity contribution in [3.8, 4) is 22.3 Å². The van der Waals surface area contributed by atoms with Gasteiger partial charge in [0.25, 0.3) is 5.56 Å². The van der Waals surface area contributed by atoms with Crippen molar-refractivity contribution in [2.24, 2.45) is 5.14 Å². The van der Waals surface area contributed by atoms with E-state index in [1.165, 1.54) is 36.4 Å². The third-order valence-corrected chi connectivity index (χ3v) is 5.96. The molecule has 3 aromatic rings. The first-order valence-electron chi connectivity index (χ1n) is 9.42. The number of sulfonamides is 1. The van der Waals surface area contributed by atoms with Gasteiger partial charge in [0.05, 0.1) is 22.4 Å². The first kappa shape index (κ1) is 22.6. The van der Waals surface area contributed by atoms with Crippen LogP contribution in [-0.4, -0.2) is 30.3 Å². The fourth-order valence-corrected chi connectivity index (χ4v) is 3.91. The van der Waals surface area contributed by atoms with Gasteiger partial charge in [0, 0.05) is 5.56 Å². The summed E-state index contributed by atoms with van der Waals surface area (Å²) in [5.41, 5.74) is -0.894. The Bertz CT molecular complexity index is 1450. The highest BCUT2D eigenvalue weighted by Crippen LogP contribution is 2.35. The average Bonchev–Trinajstić information content (AvgIpc) is 2.76. The van der Waals surface area contributed by atoms with Crippen molar-refractivity contribution in [2.45, 2.75) is 17.0 Å². The smallest absolute Gasteiger partial charge is 0.267 e. The molecule has 1 atom stereocenters. The number of aromatic nitrogens is 2. The molecule has 0 amide bonds. The standard InChI is InChI=1S/C22H15F4N3O3S/c23-15-7-3-14(4-8-15)19-17(13-5-9-16(10-6-13)33(27,31)32)12-28-29(21(19)30)18-2-1-11-22(25,26)20(18)24/h1-12,20H,(H2,27,31,32). The van der Waals surface area contributed by atoms with Crippen LogP contribution in [-0.2, 0) is 10.0 Å². The SMILES string of the molecule is NS(=O)(=O)c1ccc(-c2cnn(C3=CC=CC(F)(F)C3F)c(=O)c2-c2ccc(F)cc2)cc1. The van der Waals surface area contributed by atoms with Crippen molar-refractivity contribution in [3.05, 3.63) is 89.1 Å². The van der Waals surface area contributed by atoms with Crippen LogP contribution in [0.5, 0.6) is 0 Å². The highest BCUT2D eigenvalue weighted by molar-refractivity contribution is 7.89. The molecule has 0 aliphatic heterocycles. The van der Waals surface area contributed by atoms with Crippen molar-refractivity contribution in [1.82, 2.24) is 9.78 Å². The Hall–Kier alpha value is -3.57. The molecular weight excluding hydrogens is 462 g/mol. The number of rotatable bonds is 4. The summed E-state index contributed by atoms with van der Waals surface area (Å²) in [6, 6.07) is 9.99. The van der Waals surface area contributed by atoms with Crippen LogP contribution in [0.15, 0.2) is 82.6 Å². The van der Waals surface area contributed by atoms with E-state index in [1.54, 1.807) is 0 Å². The lowest BCUT2D eigenvalue weighted by Crippen LogP contribution is -2.37. The van der Waals surface area contributed by atoms with E-state index in [0.29, 0.717) is 16.3 Å². The van der Waals surface area contributed by atoms with E-state index in [-0.39, 0.29) is 21.6 Å². The molecule has 0 saturated carbocycles. The van der Waals surface area contributed by atoms with E-state index >= 15 is 0 Å². The van der Waals surface area contributed by atoms with Gasteiger partial charge in [0.15, 0.2) is 0 Å².